The topological polar surface area (TPSA) is 92.7 Å². The molecule has 0 radical (unpaired) electrons. The van der Waals surface area contributed by atoms with E-state index >= 15 is 0 Å². The highest BCUT2D eigenvalue weighted by atomic mass is 32.2. The van der Waals surface area contributed by atoms with Gasteiger partial charge in [-0.15, -0.1) is 0 Å². The lowest BCUT2D eigenvalue weighted by Gasteiger charge is -2.05. The molecule has 0 saturated heterocycles. The third-order valence-electron chi connectivity index (χ3n) is 2.50. The number of amides is 1. The molecular weight excluding hydrogens is 270 g/mol. The van der Waals surface area contributed by atoms with Crippen LogP contribution in [0.1, 0.15) is 0 Å². The maximum atomic E-state index is 11.1. The van der Waals surface area contributed by atoms with Crippen LogP contribution in [0.15, 0.2) is 41.3 Å². The molecule has 6 nitrogen and oxygen atoms in total. The molecule has 100 valence electrons. The van der Waals surface area contributed by atoms with Crippen molar-refractivity contribution in [3.8, 4) is 5.75 Å². The van der Waals surface area contributed by atoms with Gasteiger partial charge >= 0.3 is 6.09 Å². The molecule has 0 bridgehead atoms. The molecule has 0 atom stereocenters. The van der Waals surface area contributed by atoms with Gasteiger partial charge in [0.2, 0.25) is 0 Å². The molecular formula is C12H11NO5S. The van der Waals surface area contributed by atoms with Gasteiger partial charge in [-0.1, -0.05) is 12.1 Å². The molecule has 2 aromatic carbocycles. The molecule has 19 heavy (non-hydrogen) atoms. The van der Waals surface area contributed by atoms with Gasteiger partial charge in [0.1, 0.15) is 5.75 Å². The molecule has 0 unspecified atom stereocenters. The highest BCUT2D eigenvalue weighted by Crippen LogP contribution is 2.23. The van der Waals surface area contributed by atoms with Crippen LogP contribution in [-0.4, -0.2) is 26.1 Å². The number of rotatable bonds is 2. The summed E-state index contributed by atoms with van der Waals surface area (Å²) < 4.78 is 35.9. The molecule has 0 aliphatic rings. The smallest absolute Gasteiger partial charge is 0.410 e. The summed E-state index contributed by atoms with van der Waals surface area (Å²) >= 11 is 0. The number of carbonyl (C=O) groups is 1. The Morgan fingerprint density at radius 1 is 1.16 bits per heavy atom. The van der Waals surface area contributed by atoms with Crippen LogP contribution in [0.25, 0.3) is 10.8 Å². The SMILES string of the molecule is CNC(=O)Oc1ccc2cc(S(=O)(=O)O)ccc2c1. The molecule has 0 aromatic heterocycles. The number of benzene rings is 2. The molecule has 0 spiro atoms. The van der Waals surface area contributed by atoms with Crippen LogP contribution < -0.4 is 10.1 Å². The van der Waals surface area contributed by atoms with Gasteiger partial charge in [0, 0.05) is 7.05 Å². The lowest BCUT2D eigenvalue weighted by Crippen LogP contribution is -2.21. The molecule has 2 N–H and O–H groups in total. The minimum absolute atomic E-state index is 0.181. The first kappa shape index (κ1) is 13.3. The zero-order chi connectivity index (χ0) is 14.0. The number of hydrogen-bond donors (Lipinski definition) is 2. The number of fused-ring (bicyclic) bond motifs is 1. The van der Waals surface area contributed by atoms with E-state index in [2.05, 4.69) is 5.32 Å². The summed E-state index contributed by atoms with van der Waals surface area (Å²) in [6.45, 7) is 0. The summed E-state index contributed by atoms with van der Waals surface area (Å²) in [5, 5.41) is 3.62. The van der Waals surface area contributed by atoms with E-state index in [1.54, 1.807) is 12.1 Å². The Kier molecular flexibility index (Phi) is 3.41. The van der Waals surface area contributed by atoms with Gasteiger partial charge in [0.15, 0.2) is 0 Å². The summed E-state index contributed by atoms with van der Waals surface area (Å²) in [5.74, 6) is 0.339. The van der Waals surface area contributed by atoms with Crippen molar-refractivity contribution < 1.29 is 22.5 Å². The predicted octanol–water partition coefficient (Wildman–Crippen LogP) is 1.80. The van der Waals surface area contributed by atoms with Crippen molar-refractivity contribution in [1.29, 1.82) is 0 Å². The van der Waals surface area contributed by atoms with Crippen LogP contribution in [0.5, 0.6) is 5.75 Å². The Hall–Kier alpha value is -2.12. The highest BCUT2D eigenvalue weighted by molar-refractivity contribution is 7.85. The van der Waals surface area contributed by atoms with E-state index < -0.39 is 16.2 Å². The van der Waals surface area contributed by atoms with Gasteiger partial charge in [0.05, 0.1) is 4.90 Å². The molecule has 0 saturated carbocycles. The molecule has 7 heteroatoms. The first-order chi connectivity index (χ1) is 8.90. The lowest BCUT2D eigenvalue weighted by molar-refractivity contribution is 0.203. The van der Waals surface area contributed by atoms with E-state index in [9.17, 15) is 13.2 Å². The Morgan fingerprint density at radius 3 is 2.42 bits per heavy atom. The van der Waals surface area contributed by atoms with Crippen molar-refractivity contribution in [2.45, 2.75) is 4.90 Å². The predicted molar refractivity (Wildman–Crippen MR) is 68.8 cm³/mol. The van der Waals surface area contributed by atoms with Gasteiger partial charge in [-0.2, -0.15) is 8.42 Å². The zero-order valence-electron chi connectivity index (χ0n) is 9.95. The molecule has 2 aromatic rings. The Bertz CT molecular complexity index is 739. The van der Waals surface area contributed by atoms with Crippen LogP contribution in [0, 0.1) is 0 Å². The van der Waals surface area contributed by atoms with Crippen molar-refractivity contribution in [2.75, 3.05) is 7.05 Å². The largest absolute Gasteiger partial charge is 0.412 e. The van der Waals surface area contributed by atoms with Crippen molar-refractivity contribution in [3.05, 3.63) is 36.4 Å². The highest BCUT2D eigenvalue weighted by Gasteiger charge is 2.10. The molecule has 0 aliphatic carbocycles. The second-order valence-corrected chi connectivity index (χ2v) is 5.21. The first-order valence-electron chi connectivity index (χ1n) is 5.31. The monoisotopic (exact) mass is 281 g/mol. The Labute approximate surface area is 109 Å². The fourth-order valence-electron chi connectivity index (χ4n) is 1.58. The summed E-state index contributed by atoms with van der Waals surface area (Å²) in [6.07, 6.45) is -0.589. The van der Waals surface area contributed by atoms with Crippen molar-refractivity contribution in [3.63, 3.8) is 0 Å². The Balaban J connectivity index is 2.43. The van der Waals surface area contributed by atoms with E-state index in [-0.39, 0.29) is 4.90 Å². The standard InChI is InChI=1S/C12H11NO5S/c1-13-12(14)18-10-4-2-9-7-11(19(15,16)17)5-3-8(9)6-10/h2-7H,1H3,(H,13,14)(H,15,16,17). The minimum atomic E-state index is -4.22. The number of nitrogens with one attached hydrogen (secondary N) is 1. The maximum Gasteiger partial charge on any atom is 0.412 e. The number of ether oxygens (including phenoxy) is 1. The quantitative estimate of drug-likeness (QED) is 0.819. The van der Waals surface area contributed by atoms with Gasteiger partial charge in [-0.3, -0.25) is 4.55 Å². The van der Waals surface area contributed by atoms with Gasteiger partial charge in [0.25, 0.3) is 10.1 Å². The van der Waals surface area contributed by atoms with Crippen molar-refractivity contribution in [1.82, 2.24) is 5.32 Å². The van der Waals surface area contributed by atoms with E-state index in [1.807, 2.05) is 0 Å². The fourth-order valence-corrected chi connectivity index (χ4v) is 2.10. The average molecular weight is 281 g/mol. The second kappa shape index (κ2) is 4.87. The fraction of sp³-hybridized carbons (Fsp3) is 0.0833. The van der Waals surface area contributed by atoms with E-state index in [4.69, 9.17) is 9.29 Å². The summed E-state index contributed by atoms with van der Waals surface area (Å²) in [7, 11) is -2.78. The van der Waals surface area contributed by atoms with E-state index in [0.29, 0.717) is 16.5 Å². The summed E-state index contributed by atoms with van der Waals surface area (Å²) in [5.41, 5.74) is 0. The third-order valence-corrected chi connectivity index (χ3v) is 3.35. The second-order valence-electron chi connectivity index (χ2n) is 3.79. The van der Waals surface area contributed by atoms with Gasteiger partial charge in [-0.05, 0) is 35.0 Å². The molecule has 0 aliphatic heterocycles. The molecule has 2 rings (SSSR count). The maximum absolute atomic E-state index is 11.1. The molecule has 0 fully saturated rings. The lowest BCUT2D eigenvalue weighted by atomic mass is 10.1. The van der Waals surface area contributed by atoms with Crippen LogP contribution in [0.3, 0.4) is 0 Å². The Morgan fingerprint density at radius 2 is 1.79 bits per heavy atom. The van der Waals surface area contributed by atoms with Crippen LogP contribution in [0.2, 0.25) is 0 Å². The van der Waals surface area contributed by atoms with Crippen LogP contribution >= 0.6 is 0 Å². The minimum Gasteiger partial charge on any atom is -0.410 e. The average Bonchev–Trinajstić information content (AvgIpc) is 2.36. The van der Waals surface area contributed by atoms with Crippen molar-refractivity contribution >= 4 is 27.0 Å². The number of hydrogen-bond acceptors (Lipinski definition) is 4. The first-order valence-corrected chi connectivity index (χ1v) is 6.75. The van der Waals surface area contributed by atoms with Crippen molar-refractivity contribution in [2.24, 2.45) is 0 Å². The van der Waals surface area contributed by atoms with Gasteiger partial charge < -0.3 is 10.1 Å². The third kappa shape index (κ3) is 3.01. The summed E-state index contributed by atoms with van der Waals surface area (Å²) in [4.78, 5) is 10.9. The zero-order valence-corrected chi connectivity index (χ0v) is 10.8. The molecule has 1 amide bonds. The van der Waals surface area contributed by atoms with Crippen LogP contribution in [0.4, 0.5) is 4.79 Å². The van der Waals surface area contributed by atoms with Gasteiger partial charge in [-0.25, -0.2) is 4.79 Å². The summed E-state index contributed by atoms with van der Waals surface area (Å²) in [6, 6.07) is 8.87. The molecule has 0 heterocycles. The normalized spacial score (nSPS) is 11.3. The van der Waals surface area contributed by atoms with E-state index in [0.717, 1.165) is 0 Å². The van der Waals surface area contributed by atoms with E-state index in [1.165, 1.54) is 31.3 Å². The number of carbonyl (C=O) groups excluding carboxylic acids is 1. The van der Waals surface area contributed by atoms with Crippen LogP contribution in [-0.2, 0) is 10.1 Å².